The highest BCUT2D eigenvalue weighted by Crippen LogP contribution is 2.49. The van der Waals surface area contributed by atoms with Crippen LogP contribution in [-0.4, -0.2) is 23.1 Å². The van der Waals surface area contributed by atoms with E-state index in [9.17, 15) is 9.59 Å². The summed E-state index contributed by atoms with van der Waals surface area (Å²) in [5, 5.41) is 3.92. The lowest BCUT2D eigenvalue weighted by molar-refractivity contribution is -0.120. The fraction of sp³-hybridized carbons (Fsp3) is 0.647. The molecular weight excluding hydrogens is 312 g/mol. The first-order chi connectivity index (χ1) is 10.8. The molecule has 2 atom stereocenters. The highest BCUT2D eigenvalue weighted by molar-refractivity contribution is 7.17. The van der Waals surface area contributed by atoms with Crippen LogP contribution in [0, 0.1) is 5.92 Å². The molecule has 4 heterocycles. The third kappa shape index (κ3) is 2.01. The van der Waals surface area contributed by atoms with E-state index in [1.807, 2.05) is 32.6 Å². The molecule has 4 rings (SSSR count). The highest BCUT2D eigenvalue weighted by atomic mass is 32.1. The topological polar surface area (TPSA) is 58.6 Å². The number of rotatable bonds is 1. The number of anilines is 1. The number of carbonyl (C=O) groups is 2. The number of thiophene rings is 1. The lowest BCUT2D eigenvalue weighted by Gasteiger charge is -2.39. The summed E-state index contributed by atoms with van der Waals surface area (Å²) in [4.78, 5) is 28.6. The Hall–Kier alpha value is -1.40. The van der Waals surface area contributed by atoms with Gasteiger partial charge in [0.15, 0.2) is 0 Å². The maximum absolute atomic E-state index is 12.8. The Morgan fingerprint density at radius 1 is 1.35 bits per heavy atom. The van der Waals surface area contributed by atoms with E-state index in [4.69, 9.17) is 4.74 Å². The molecular formula is C17H22N2O3S. The SMILES string of the molecule is CC[C@@H]1C[C@@]2(C)NC(=O)c3c(sc4c3CC(C)(C)OC4)N2C1=O. The van der Waals surface area contributed by atoms with Gasteiger partial charge >= 0.3 is 0 Å². The van der Waals surface area contributed by atoms with Crippen LogP contribution in [-0.2, 0) is 22.6 Å². The van der Waals surface area contributed by atoms with Gasteiger partial charge in [-0.05, 0) is 32.8 Å². The summed E-state index contributed by atoms with van der Waals surface area (Å²) in [6.45, 7) is 8.59. The number of nitrogens with one attached hydrogen (secondary N) is 1. The van der Waals surface area contributed by atoms with Crippen LogP contribution in [0.2, 0.25) is 0 Å². The van der Waals surface area contributed by atoms with Gasteiger partial charge in [0.2, 0.25) is 5.91 Å². The van der Waals surface area contributed by atoms with Crippen LogP contribution in [0.25, 0.3) is 0 Å². The van der Waals surface area contributed by atoms with Crippen molar-refractivity contribution in [2.75, 3.05) is 4.90 Å². The molecule has 1 saturated heterocycles. The Morgan fingerprint density at radius 2 is 2.09 bits per heavy atom. The predicted octanol–water partition coefficient (Wildman–Crippen LogP) is 2.82. The quantitative estimate of drug-likeness (QED) is 0.859. The molecule has 0 aliphatic carbocycles. The minimum absolute atomic E-state index is 0.0157. The molecule has 3 aliphatic rings. The zero-order valence-electron chi connectivity index (χ0n) is 14.0. The van der Waals surface area contributed by atoms with Crippen molar-refractivity contribution >= 4 is 28.2 Å². The monoisotopic (exact) mass is 334 g/mol. The smallest absolute Gasteiger partial charge is 0.256 e. The molecule has 1 fully saturated rings. The maximum Gasteiger partial charge on any atom is 0.256 e. The molecule has 0 bridgehead atoms. The minimum atomic E-state index is -0.592. The van der Waals surface area contributed by atoms with Crippen LogP contribution in [0.5, 0.6) is 0 Å². The van der Waals surface area contributed by atoms with Gasteiger partial charge in [-0.25, -0.2) is 0 Å². The normalized spacial score (nSPS) is 31.5. The number of hydrogen-bond donors (Lipinski definition) is 1. The molecule has 1 aromatic rings. The van der Waals surface area contributed by atoms with E-state index < -0.39 is 5.66 Å². The molecule has 0 radical (unpaired) electrons. The summed E-state index contributed by atoms with van der Waals surface area (Å²) in [6, 6.07) is 0. The zero-order chi connectivity index (χ0) is 16.6. The molecule has 0 aromatic carbocycles. The summed E-state index contributed by atoms with van der Waals surface area (Å²) in [5.74, 6) is 0.0756. The summed E-state index contributed by atoms with van der Waals surface area (Å²) in [7, 11) is 0. The highest BCUT2D eigenvalue weighted by Gasteiger charge is 2.54. The fourth-order valence-electron chi connectivity index (χ4n) is 4.07. The van der Waals surface area contributed by atoms with Crippen molar-refractivity contribution in [3.8, 4) is 0 Å². The van der Waals surface area contributed by atoms with Gasteiger partial charge in [-0.2, -0.15) is 0 Å². The second-order valence-electron chi connectivity index (χ2n) is 7.62. The number of hydrogen-bond acceptors (Lipinski definition) is 4. The van der Waals surface area contributed by atoms with Gasteiger partial charge in [0, 0.05) is 23.6 Å². The standard InChI is InChI=1S/C17H22N2O3S/c1-5-9-6-17(4)18-13(20)12-10-7-16(2,3)22-8-11(10)23-15(12)19(17)14(9)21/h9H,5-8H2,1-4H3,(H,18,20)/t9-,17+/m1/s1. The molecule has 2 amide bonds. The number of amides is 2. The molecule has 124 valence electrons. The first-order valence-corrected chi connectivity index (χ1v) is 9.02. The van der Waals surface area contributed by atoms with Crippen LogP contribution in [0.4, 0.5) is 5.00 Å². The van der Waals surface area contributed by atoms with Crippen molar-refractivity contribution in [2.24, 2.45) is 5.92 Å². The molecule has 0 unspecified atom stereocenters. The van der Waals surface area contributed by atoms with E-state index in [1.165, 1.54) is 0 Å². The predicted molar refractivity (Wildman–Crippen MR) is 88.6 cm³/mol. The Bertz CT molecular complexity index is 724. The van der Waals surface area contributed by atoms with E-state index >= 15 is 0 Å². The second-order valence-corrected chi connectivity index (χ2v) is 8.70. The van der Waals surface area contributed by atoms with Crippen LogP contribution in [0.3, 0.4) is 0 Å². The van der Waals surface area contributed by atoms with Crippen LogP contribution in [0.1, 0.15) is 61.3 Å². The van der Waals surface area contributed by atoms with Crippen LogP contribution >= 0.6 is 11.3 Å². The largest absolute Gasteiger partial charge is 0.370 e. The van der Waals surface area contributed by atoms with E-state index in [-0.39, 0.29) is 23.3 Å². The van der Waals surface area contributed by atoms with Gasteiger partial charge in [0.25, 0.3) is 5.91 Å². The first kappa shape index (κ1) is 15.1. The molecule has 5 nitrogen and oxygen atoms in total. The lowest BCUT2D eigenvalue weighted by atomic mass is 9.91. The third-order valence-electron chi connectivity index (χ3n) is 5.28. The second kappa shape index (κ2) is 4.57. The molecule has 6 heteroatoms. The number of carbonyl (C=O) groups excluding carboxylic acids is 2. The minimum Gasteiger partial charge on any atom is -0.370 e. The average Bonchev–Trinajstić information content (AvgIpc) is 2.92. The molecule has 3 aliphatic heterocycles. The number of fused-ring (bicyclic) bond motifs is 5. The Balaban J connectivity index is 1.87. The molecule has 23 heavy (non-hydrogen) atoms. The van der Waals surface area contributed by atoms with Gasteiger partial charge in [-0.3, -0.25) is 14.5 Å². The molecule has 0 spiro atoms. The Labute approximate surface area is 140 Å². The number of nitrogens with zero attached hydrogens (tertiary/aromatic N) is 1. The number of ether oxygens (including phenoxy) is 1. The van der Waals surface area contributed by atoms with Crippen molar-refractivity contribution in [3.05, 3.63) is 16.0 Å². The van der Waals surface area contributed by atoms with Crippen molar-refractivity contribution in [1.29, 1.82) is 0 Å². The van der Waals surface area contributed by atoms with Crippen molar-refractivity contribution in [2.45, 2.75) is 64.8 Å². The van der Waals surface area contributed by atoms with Gasteiger partial charge in [-0.1, -0.05) is 6.92 Å². The van der Waals surface area contributed by atoms with E-state index in [0.29, 0.717) is 25.0 Å². The van der Waals surface area contributed by atoms with Gasteiger partial charge < -0.3 is 10.1 Å². The zero-order valence-corrected chi connectivity index (χ0v) is 14.8. The van der Waals surface area contributed by atoms with E-state index in [0.717, 1.165) is 21.9 Å². The van der Waals surface area contributed by atoms with Crippen molar-refractivity contribution in [3.63, 3.8) is 0 Å². The molecule has 1 aromatic heterocycles. The molecule has 0 saturated carbocycles. The van der Waals surface area contributed by atoms with Crippen LogP contribution < -0.4 is 10.2 Å². The molecule has 1 N–H and O–H groups in total. The van der Waals surface area contributed by atoms with Gasteiger partial charge in [-0.15, -0.1) is 11.3 Å². The van der Waals surface area contributed by atoms with Crippen LogP contribution in [0.15, 0.2) is 0 Å². The third-order valence-corrected chi connectivity index (χ3v) is 6.47. The Kier molecular flexibility index (Phi) is 3.01. The maximum atomic E-state index is 12.8. The van der Waals surface area contributed by atoms with Gasteiger partial charge in [0.05, 0.1) is 17.8 Å². The van der Waals surface area contributed by atoms with E-state index in [1.54, 1.807) is 11.3 Å². The lowest BCUT2D eigenvalue weighted by Crippen LogP contribution is -2.59. The first-order valence-electron chi connectivity index (χ1n) is 8.21. The summed E-state index contributed by atoms with van der Waals surface area (Å²) in [6.07, 6.45) is 2.19. The summed E-state index contributed by atoms with van der Waals surface area (Å²) in [5.41, 5.74) is 0.896. The summed E-state index contributed by atoms with van der Waals surface area (Å²) >= 11 is 1.55. The summed E-state index contributed by atoms with van der Waals surface area (Å²) < 4.78 is 5.89. The van der Waals surface area contributed by atoms with Crippen molar-refractivity contribution in [1.82, 2.24) is 5.32 Å². The van der Waals surface area contributed by atoms with E-state index in [2.05, 4.69) is 5.32 Å². The average molecular weight is 334 g/mol. The van der Waals surface area contributed by atoms with Crippen molar-refractivity contribution < 1.29 is 14.3 Å². The Morgan fingerprint density at radius 3 is 2.78 bits per heavy atom. The fourth-order valence-corrected chi connectivity index (χ4v) is 5.42. The van der Waals surface area contributed by atoms with Gasteiger partial charge in [0.1, 0.15) is 10.7 Å².